The predicted octanol–water partition coefficient (Wildman–Crippen LogP) is 4.58. The zero-order valence-electron chi connectivity index (χ0n) is 12.9. The van der Waals surface area contributed by atoms with Gasteiger partial charge in [0, 0.05) is 0 Å². The Kier molecular flexibility index (Phi) is 4.25. The number of aliphatic hydroxyl groups excluding tert-OH is 1. The van der Waals surface area contributed by atoms with Crippen molar-refractivity contribution in [2.75, 3.05) is 0 Å². The number of hydrogen-bond donors (Lipinski definition) is 1. The van der Waals surface area contributed by atoms with Crippen LogP contribution >= 0.6 is 0 Å². The van der Waals surface area contributed by atoms with E-state index in [1.807, 2.05) is 6.08 Å². The average Bonchev–Trinajstić information content (AvgIpc) is 2.34. The van der Waals surface area contributed by atoms with Crippen molar-refractivity contribution in [1.29, 1.82) is 0 Å². The van der Waals surface area contributed by atoms with Gasteiger partial charge in [0.25, 0.3) is 0 Å². The molecule has 0 aliphatic heterocycles. The van der Waals surface area contributed by atoms with E-state index in [1.54, 1.807) is 0 Å². The molecule has 0 aromatic heterocycles. The maximum atomic E-state index is 10.4. The molecule has 0 heterocycles. The fourth-order valence-corrected chi connectivity index (χ4v) is 4.77. The van der Waals surface area contributed by atoms with E-state index in [0.717, 1.165) is 12.8 Å². The van der Waals surface area contributed by atoms with Crippen molar-refractivity contribution in [2.24, 2.45) is 29.1 Å². The van der Waals surface area contributed by atoms with Gasteiger partial charge in [0.05, 0.1) is 6.10 Å². The second kappa shape index (κ2) is 5.44. The zero-order chi connectivity index (χ0) is 14.2. The van der Waals surface area contributed by atoms with E-state index in [1.165, 1.54) is 24.8 Å². The molecule has 0 saturated heterocycles. The Balaban J connectivity index is 2.25. The molecule has 1 heteroatoms. The van der Waals surface area contributed by atoms with Gasteiger partial charge in [-0.05, 0) is 68.1 Å². The highest BCUT2D eigenvalue weighted by molar-refractivity contribution is 5.08. The van der Waals surface area contributed by atoms with Crippen molar-refractivity contribution in [3.05, 3.63) is 24.8 Å². The fourth-order valence-electron chi connectivity index (χ4n) is 4.77. The van der Waals surface area contributed by atoms with Gasteiger partial charge in [-0.25, -0.2) is 0 Å². The van der Waals surface area contributed by atoms with E-state index in [2.05, 4.69) is 33.9 Å². The first kappa shape index (κ1) is 14.8. The molecule has 0 amide bonds. The largest absolute Gasteiger partial charge is 0.393 e. The van der Waals surface area contributed by atoms with Gasteiger partial charge in [0.15, 0.2) is 0 Å². The highest BCUT2D eigenvalue weighted by Gasteiger charge is 2.51. The van der Waals surface area contributed by atoms with Gasteiger partial charge < -0.3 is 5.11 Å². The summed E-state index contributed by atoms with van der Waals surface area (Å²) in [7, 11) is 0. The summed E-state index contributed by atoms with van der Waals surface area (Å²) < 4.78 is 0. The van der Waals surface area contributed by atoms with Crippen LogP contribution in [0.3, 0.4) is 0 Å². The second-order valence-corrected chi connectivity index (χ2v) is 7.33. The Morgan fingerprint density at radius 3 is 2.68 bits per heavy atom. The maximum absolute atomic E-state index is 10.4. The highest BCUT2D eigenvalue weighted by atomic mass is 16.3. The first-order valence-corrected chi connectivity index (χ1v) is 7.84. The molecule has 2 fully saturated rings. The van der Waals surface area contributed by atoms with Crippen LogP contribution in [-0.4, -0.2) is 11.2 Å². The van der Waals surface area contributed by atoms with E-state index in [-0.39, 0.29) is 6.10 Å². The predicted molar refractivity (Wildman–Crippen MR) is 81.8 cm³/mol. The van der Waals surface area contributed by atoms with E-state index in [0.29, 0.717) is 29.1 Å². The average molecular weight is 262 g/mol. The molecule has 19 heavy (non-hydrogen) atoms. The summed E-state index contributed by atoms with van der Waals surface area (Å²) in [5.74, 6) is 2.36. The minimum absolute atomic E-state index is 0.132. The SMILES string of the molecule is C=CC[C@@H]1[C@H](O)C[C@@H](C)[C@]2(C)C[C@H](C(=C)C)CC[C@@H]12. The third-order valence-electron chi connectivity index (χ3n) is 6.23. The third-order valence-corrected chi connectivity index (χ3v) is 6.23. The van der Waals surface area contributed by atoms with Crippen molar-refractivity contribution in [1.82, 2.24) is 0 Å². The van der Waals surface area contributed by atoms with Crippen molar-refractivity contribution in [2.45, 2.75) is 59.0 Å². The van der Waals surface area contributed by atoms with Gasteiger partial charge in [-0.2, -0.15) is 0 Å². The molecular formula is C18H30O. The lowest BCUT2D eigenvalue weighted by Gasteiger charge is -2.56. The smallest absolute Gasteiger partial charge is 0.0577 e. The molecule has 108 valence electrons. The number of rotatable bonds is 3. The lowest BCUT2D eigenvalue weighted by Crippen LogP contribution is -2.51. The van der Waals surface area contributed by atoms with Crippen LogP contribution in [0.4, 0.5) is 0 Å². The summed E-state index contributed by atoms with van der Waals surface area (Å²) in [4.78, 5) is 0. The third kappa shape index (κ3) is 2.54. The topological polar surface area (TPSA) is 20.2 Å². The lowest BCUT2D eigenvalue weighted by molar-refractivity contribution is -0.104. The molecule has 1 nitrogen and oxygen atoms in total. The fraction of sp³-hybridized carbons (Fsp3) is 0.778. The normalized spacial score (nSPS) is 46.4. The first-order chi connectivity index (χ1) is 8.90. The van der Waals surface area contributed by atoms with E-state index in [9.17, 15) is 5.11 Å². The molecule has 2 rings (SSSR count). The van der Waals surface area contributed by atoms with Gasteiger partial charge in [-0.15, -0.1) is 6.58 Å². The molecule has 0 bridgehead atoms. The number of allylic oxidation sites excluding steroid dienone is 2. The lowest BCUT2D eigenvalue weighted by atomic mass is 9.49. The summed E-state index contributed by atoms with van der Waals surface area (Å²) in [6.07, 6.45) is 7.54. The first-order valence-electron chi connectivity index (χ1n) is 7.84. The minimum atomic E-state index is -0.132. The van der Waals surface area contributed by atoms with Crippen LogP contribution in [0.15, 0.2) is 24.8 Å². The molecule has 0 unspecified atom stereocenters. The van der Waals surface area contributed by atoms with Gasteiger partial charge in [0.1, 0.15) is 0 Å². The summed E-state index contributed by atoms with van der Waals surface area (Å²) in [6.45, 7) is 15.0. The van der Waals surface area contributed by atoms with Crippen LogP contribution in [-0.2, 0) is 0 Å². The quantitative estimate of drug-likeness (QED) is 0.738. The monoisotopic (exact) mass is 262 g/mol. The van der Waals surface area contributed by atoms with E-state index >= 15 is 0 Å². The Morgan fingerprint density at radius 2 is 2.11 bits per heavy atom. The van der Waals surface area contributed by atoms with Crippen LogP contribution in [0, 0.1) is 29.1 Å². The molecule has 1 N–H and O–H groups in total. The molecule has 0 aromatic carbocycles. The van der Waals surface area contributed by atoms with Crippen molar-refractivity contribution in [3.8, 4) is 0 Å². The maximum Gasteiger partial charge on any atom is 0.0577 e. The number of aliphatic hydroxyl groups is 1. The summed E-state index contributed by atoms with van der Waals surface area (Å²) in [6, 6.07) is 0. The molecule has 0 aromatic rings. The summed E-state index contributed by atoms with van der Waals surface area (Å²) >= 11 is 0. The molecule has 0 radical (unpaired) electrons. The van der Waals surface area contributed by atoms with Gasteiger partial charge in [0.2, 0.25) is 0 Å². The number of fused-ring (bicyclic) bond motifs is 1. The highest BCUT2D eigenvalue weighted by Crippen LogP contribution is 2.58. The van der Waals surface area contributed by atoms with Crippen molar-refractivity contribution >= 4 is 0 Å². The molecule has 2 aliphatic carbocycles. The molecule has 6 atom stereocenters. The minimum Gasteiger partial charge on any atom is -0.393 e. The Morgan fingerprint density at radius 1 is 1.42 bits per heavy atom. The molecule has 0 spiro atoms. The molecule has 2 saturated carbocycles. The van der Waals surface area contributed by atoms with Gasteiger partial charge in [-0.3, -0.25) is 0 Å². The van der Waals surface area contributed by atoms with E-state index < -0.39 is 0 Å². The molecular weight excluding hydrogens is 232 g/mol. The Labute approximate surface area is 118 Å². The van der Waals surface area contributed by atoms with Gasteiger partial charge in [-0.1, -0.05) is 32.1 Å². The Hall–Kier alpha value is -0.560. The summed E-state index contributed by atoms with van der Waals surface area (Å²) in [5.41, 5.74) is 1.72. The second-order valence-electron chi connectivity index (χ2n) is 7.33. The van der Waals surface area contributed by atoms with Crippen LogP contribution in [0.25, 0.3) is 0 Å². The van der Waals surface area contributed by atoms with Crippen LogP contribution in [0.2, 0.25) is 0 Å². The van der Waals surface area contributed by atoms with Crippen LogP contribution in [0.1, 0.15) is 52.9 Å². The Bertz CT molecular complexity index is 359. The van der Waals surface area contributed by atoms with Crippen LogP contribution in [0.5, 0.6) is 0 Å². The van der Waals surface area contributed by atoms with Gasteiger partial charge >= 0.3 is 0 Å². The zero-order valence-corrected chi connectivity index (χ0v) is 12.9. The molecule has 2 aliphatic rings. The standard InChI is InChI=1S/C18H30O/c1-6-7-15-16-9-8-14(12(2)3)11-18(16,5)13(4)10-17(15)19/h6,13-17,19H,1-2,7-11H2,3-5H3/t13-,14-,15+,16+,17-,18+/m1/s1. The van der Waals surface area contributed by atoms with Crippen LogP contribution < -0.4 is 0 Å². The van der Waals surface area contributed by atoms with Crippen molar-refractivity contribution in [3.63, 3.8) is 0 Å². The summed E-state index contributed by atoms with van der Waals surface area (Å²) in [5, 5.41) is 10.4. The van der Waals surface area contributed by atoms with E-state index in [4.69, 9.17) is 0 Å². The number of hydrogen-bond acceptors (Lipinski definition) is 1. The van der Waals surface area contributed by atoms with Crippen molar-refractivity contribution < 1.29 is 5.11 Å².